The first-order chi connectivity index (χ1) is 9.74. The molecule has 1 aliphatic carbocycles. The molecule has 0 saturated heterocycles. The molecule has 0 bridgehead atoms. The topological polar surface area (TPSA) is 104 Å². The quantitative estimate of drug-likeness (QED) is 0.638. The number of fused-ring (bicyclic) bond motifs is 1. The van der Waals surface area contributed by atoms with Gasteiger partial charge in [-0.1, -0.05) is 5.16 Å². The van der Waals surface area contributed by atoms with E-state index >= 15 is 0 Å². The Hall–Kier alpha value is -2.70. The fourth-order valence-corrected chi connectivity index (χ4v) is 2.03. The molecule has 0 radical (unpaired) electrons. The van der Waals surface area contributed by atoms with Crippen LogP contribution < -0.4 is 0 Å². The fraction of sp³-hybridized carbons (Fsp3) is 0.231. The summed E-state index contributed by atoms with van der Waals surface area (Å²) in [6, 6.07) is 4.27. The average Bonchev–Trinajstić information content (AvgIpc) is 2.90. The van der Waals surface area contributed by atoms with E-state index in [4.69, 9.17) is 4.63 Å². The van der Waals surface area contributed by atoms with E-state index in [2.05, 4.69) is 20.5 Å². The smallest absolute Gasteiger partial charge is 0.154 e. The molecule has 2 N–H and O–H groups in total. The van der Waals surface area contributed by atoms with Crippen LogP contribution in [0.25, 0.3) is 0 Å². The van der Waals surface area contributed by atoms with Gasteiger partial charge in [0.2, 0.25) is 0 Å². The van der Waals surface area contributed by atoms with Crippen LogP contribution in [0.3, 0.4) is 0 Å². The van der Waals surface area contributed by atoms with Gasteiger partial charge in [0, 0.05) is 11.6 Å². The van der Waals surface area contributed by atoms with Crippen molar-refractivity contribution in [2.45, 2.75) is 19.3 Å². The first-order valence-corrected chi connectivity index (χ1v) is 6.18. The van der Waals surface area contributed by atoms with Gasteiger partial charge in [-0.2, -0.15) is 10.2 Å². The van der Waals surface area contributed by atoms with Gasteiger partial charge in [-0.15, -0.1) is 0 Å². The maximum atomic E-state index is 9.62. The van der Waals surface area contributed by atoms with Crippen LogP contribution in [0.2, 0.25) is 0 Å². The Labute approximate surface area is 114 Å². The molecule has 20 heavy (non-hydrogen) atoms. The molecule has 0 spiro atoms. The van der Waals surface area contributed by atoms with Crippen molar-refractivity contribution in [2.75, 3.05) is 0 Å². The van der Waals surface area contributed by atoms with Crippen LogP contribution in [0.1, 0.15) is 29.8 Å². The summed E-state index contributed by atoms with van der Waals surface area (Å²) in [5.74, 6) is -0.0575. The van der Waals surface area contributed by atoms with Crippen molar-refractivity contribution in [3.63, 3.8) is 0 Å². The van der Waals surface area contributed by atoms with E-state index in [-0.39, 0.29) is 11.5 Å². The zero-order valence-electron chi connectivity index (χ0n) is 10.5. The van der Waals surface area contributed by atoms with E-state index in [0.29, 0.717) is 11.3 Å². The number of phenolic OH excluding ortho intramolecular Hbond substituents is 2. The van der Waals surface area contributed by atoms with Gasteiger partial charge in [0.15, 0.2) is 5.69 Å². The summed E-state index contributed by atoms with van der Waals surface area (Å²) in [6.45, 7) is 0. The molecule has 102 valence electrons. The number of phenols is 2. The Kier molecular flexibility index (Phi) is 3.16. The minimum Gasteiger partial charge on any atom is -0.508 e. The number of hydrogen-bond acceptors (Lipinski definition) is 7. The van der Waals surface area contributed by atoms with E-state index < -0.39 is 0 Å². The van der Waals surface area contributed by atoms with Crippen molar-refractivity contribution in [1.82, 2.24) is 10.3 Å². The number of hydrogen-bond donors (Lipinski definition) is 2. The van der Waals surface area contributed by atoms with Gasteiger partial charge in [0.05, 0.1) is 11.9 Å². The summed E-state index contributed by atoms with van der Waals surface area (Å²) in [4.78, 5) is 0. The monoisotopic (exact) mass is 272 g/mol. The lowest BCUT2D eigenvalue weighted by Gasteiger charge is -2.07. The molecule has 1 aliphatic rings. The molecule has 1 aromatic carbocycles. The lowest BCUT2D eigenvalue weighted by molar-refractivity contribution is 0.303. The zero-order valence-corrected chi connectivity index (χ0v) is 10.5. The maximum Gasteiger partial charge on any atom is 0.154 e. The highest BCUT2D eigenvalue weighted by Gasteiger charge is 2.20. The normalized spacial score (nSPS) is 16.7. The van der Waals surface area contributed by atoms with Crippen LogP contribution in [-0.2, 0) is 6.42 Å². The summed E-state index contributed by atoms with van der Waals surface area (Å²) in [6.07, 6.45) is 3.95. The molecule has 0 unspecified atom stereocenters. The zero-order chi connectivity index (χ0) is 13.9. The number of aromatic hydroxyl groups is 2. The van der Waals surface area contributed by atoms with E-state index in [9.17, 15) is 10.2 Å². The highest BCUT2D eigenvalue weighted by molar-refractivity contribution is 6.00. The Bertz CT molecular complexity index is 691. The molecule has 7 nitrogen and oxygen atoms in total. The number of benzene rings is 1. The number of aryl methyl sites for hydroxylation is 1. The van der Waals surface area contributed by atoms with E-state index in [1.54, 1.807) is 6.07 Å². The van der Waals surface area contributed by atoms with Crippen LogP contribution >= 0.6 is 0 Å². The molecule has 1 aromatic heterocycles. The molecule has 0 amide bonds. The molecule has 0 saturated carbocycles. The highest BCUT2D eigenvalue weighted by atomic mass is 16.6. The van der Waals surface area contributed by atoms with Crippen LogP contribution in [0.15, 0.2) is 33.0 Å². The molecule has 0 aliphatic heterocycles. The third-order valence-electron chi connectivity index (χ3n) is 3.05. The second-order valence-corrected chi connectivity index (χ2v) is 4.45. The summed E-state index contributed by atoms with van der Waals surface area (Å²) in [5.41, 5.74) is 2.66. The second kappa shape index (κ2) is 5.12. The first-order valence-electron chi connectivity index (χ1n) is 6.18. The summed E-state index contributed by atoms with van der Waals surface area (Å²) in [7, 11) is 0. The molecule has 2 aromatic rings. The third kappa shape index (κ3) is 2.37. The van der Waals surface area contributed by atoms with Crippen molar-refractivity contribution >= 4 is 11.9 Å². The molecule has 0 atom stereocenters. The van der Waals surface area contributed by atoms with E-state index in [1.165, 1.54) is 18.3 Å². The number of nitrogens with zero attached hydrogens (tertiary/aromatic N) is 4. The van der Waals surface area contributed by atoms with Crippen molar-refractivity contribution in [3.05, 3.63) is 35.2 Å². The van der Waals surface area contributed by atoms with Gasteiger partial charge >= 0.3 is 0 Å². The summed E-state index contributed by atoms with van der Waals surface area (Å²) >= 11 is 0. The molecule has 0 fully saturated rings. The van der Waals surface area contributed by atoms with Gasteiger partial charge in [-0.05, 0) is 36.6 Å². The van der Waals surface area contributed by atoms with Gasteiger partial charge < -0.3 is 10.2 Å². The van der Waals surface area contributed by atoms with E-state index in [1.807, 2.05) is 0 Å². The van der Waals surface area contributed by atoms with Crippen LogP contribution in [0.5, 0.6) is 11.5 Å². The van der Waals surface area contributed by atoms with Gasteiger partial charge in [0.25, 0.3) is 0 Å². The lowest BCUT2D eigenvalue weighted by Crippen LogP contribution is -2.11. The lowest BCUT2D eigenvalue weighted by atomic mass is 9.99. The van der Waals surface area contributed by atoms with Gasteiger partial charge in [-0.25, -0.2) is 4.63 Å². The third-order valence-corrected chi connectivity index (χ3v) is 3.05. The van der Waals surface area contributed by atoms with E-state index in [0.717, 1.165) is 30.7 Å². The van der Waals surface area contributed by atoms with Crippen LogP contribution in [-0.4, -0.2) is 32.5 Å². The molecule has 1 heterocycles. The number of rotatable bonds is 2. The maximum absolute atomic E-state index is 9.62. The Morgan fingerprint density at radius 2 is 2.10 bits per heavy atom. The predicted molar refractivity (Wildman–Crippen MR) is 71.1 cm³/mol. The van der Waals surface area contributed by atoms with Crippen LogP contribution in [0, 0.1) is 0 Å². The summed E-state index contributed by atoms with van der Waals surface area (Å²) in [5, 5.41) is 34.5. The SMILES string of the molecule is Oc1ccc(/C=N/N=C2\CCCc3nonc32)c(O)c1. The Morgan fingerprint density at radius 3 is 2.95 bits per heavy atom. The fourth-order valence-electron chi connectivity index (χ4n) is 2.03. The Morgan fingerprint density at radius 1 is 1.20 bits per heavy atom. The number of aromatic nitrogens is 2. The molecule has 7 heteroatoms. The molecular weight excluding hydrogens is 260 g/mol. The van der Waals surface area contributed by atoms with Gasteiger partial charge in [0.1, 0.15) is 17.2 Å². The average molecular weight is 272 g/mol. The largest absolute Gasteiger partial charge is 0.508 e. The standard InChI is InChI=1S/C13H12N4O3/c18-9-5-4-8(12(19)6-9)7-14-15-10-2-1-3-11-13(10)17-20-16-11/h4-7,18-19H,1-3H2/b14-7+,15-10+. The van der Waals surface area contributed by atoms with Crippen molar-refractivity contribution in [2.24, 2.45) is 10.2 Å². The highest BCUT2D eigenvalue weighted by Crippen LogP contribution is 2.21. The molecular formula is C13H12N4O3. The predicted octanol–water partition coefficient (Wildman–Crippen LogP) is 1.64. The first kappa shape index (κ1) is 12.3. The summed E-state index contributed by atoms with van der Waals surface area (Å²) < 4.78 is 4.69. The Balaban J connectivity index is 1.83. The van der Waals surface area contributed by atoms with Crippen LogP contribution in [0.4, 0.5) is 0 Å². The minimum absolute atomic E-state index is 0.00319. The van der Waals surface area contributed by atoms with Crippen molar-refractivity contribution < 1.29 is 14.8 Å². The minimum atomic E-state index is -0.0543. The van der Waals surface area contributed by atoms with Crippen molar-refractivity contribution in [3.8, 4) is 11.5 Å². The van der Waals surface area contributed by atoms with Crippen molar-refractivity contribution in [1.29, 1.82) is 0 Å². The second-order valence-electron chi connectivity index (χ2n) is 4.45. The molecule has 3 rings (SSSR count). The van der Waals surface area contributed by atoms with Gasteiger partial charge in [-0.3, -0.25) is 0 Å².